The van der Waals surface area contributed by atoms with Crippen LogP contribution < -0.4 is 4.90 Å². The van der Waals surface area contributed by atoms with Crippen molar-refractivity contribution in [2.75, 3.05) is 18.0 Å². The Balaban J connectivity index is 1.73. The molecule has 21 heavy (non-hydrogen) atoms. The maximum Gasteiger partial charge on any atom is 0.416 e. The molecule has 0 aromatic heterocycles. The van der Waals surface area contributed by atoms with Gasteiger partial charge in [-0.15, -0.1) is 0 Å². The van der Waals surface area contributed by atoms with Gasteiger partial charge in [0.05, 0.1) is 11.2 Å². The minimum atomic E-state index is -4.29. The summed E-state index contributed by atoms with van der Waals surface area (Å²) in [5, 5.41) is 10.6. The zero-order chi connectivity index (χ0) is 15.1. The van der Waals surface area contributed by atoms with E-state index in [0.29, 0.717) is 13.0 Å². The number of piperidine rings is 1. The van der Waals surface area contributed by atoms with Crippen LogP contribution in [-0.2, 0) is 6.18 Å². The van der Waals surface area contributed by atoms with Gasteiger partial charge in [-0.3, -0.25) is 0 Å². The standard InChI is InChI=1S/C16H20F3NO/c17-16(18,19)12-4-6-14(7-5-12)20-10-9-15(21)8-2-1-3-13(15)11-20/h4-7,13,21H,1-3,8-11H2. The molecule has 0 radical (unpaired) electrons. The molecule has 2 unspecified atom stereocenters. The number of anilines is 1. The molecule has 2 aliphatic rings. The fourth-order valence-corrected chi connectivity index (χ4v) is 3.67. The van der Waals surface area contributed by atoms with Gasteiger partial charge < -0.3 is 10.0 Å². The molecule has 2 nitrogen and oxygen atoms in total. The van der Waals surface area contributed by atoms with Gasteiger partial charge >= 0.3 is 6.18 Å². The van der Waals surface area contributed by atoms with Crippen LogP contribution in [0.1, 0.15) is 37.7 Å². The third-order valence-corrected chi connectivity index (χ3v) is 4.99. The van der Waals surface area contributed by atoms with E-state index >= 15 is 0 Å². The summed E-state index contributed by atoms with van der Waals surface area (Å²) in [6.45, 7) is 1.44. The largest absolute Gasteiger partial charge is 0.416 e. The molecular formula is C16H20F3NO. The lowest BCUT2D eigenvalue weighted by molar-refractivity contribution is -0.137. The van der Waals surface area contributed by atoms with E-state index in [4.69, 9.17) is 0 Å². The molecule has 0 amide bonds. The van der Waals surface area contributed by atoms with Crippen molar-refractivity contribution in [3.8, 4) is 0 Å². The minimum absolute atomic E-state index is 0.238. The second-order valence-electron chi connectivity index (χ2n) is 6.29. The summed E-state index contributed by atoms with van der Waals surface area (Å²) in [5.74, 6) is 0.238. The Kier molecular flexibility index (Phi) is 3.64. The summed E-state index contributed by atoms with van der Waals surface area (Å²) in [6.07, 6.45) is 0.496. The third-order valence-electron chi connectivity index (χ3n) is 4.99. The Morgan fingerprint density at radius 2 is 1.81 bits per heavy atom. The van der Waals surface area contributed by atoms with Crippen LogP contribution in [0.25, 0.3) is 0 Å². The Hall–Kier alpha value is -1.23. The van der Waals surface area contributed by atoms with E-state index < -0.39 is 17.3 Å². The number of alkyl halides is 3. The lowest BCUT2D eigenvalue weighted by Crippen LogP contribution is -2.53. The molecule has 5 heteroatoms. The van der Waals surface area contributed by atoms with Gasteiger partial charge in [0.2, 0.25) is 0 Å². The van der Waals surface area contributed by atoms with Crippen LogP contribution in [-0.4, -0.2) is 23.8 Å². The lowest BCUT2D eigenvalue weighted by Gasteiger charge is -2.48. The van der Waals surface area contributed by atoms with E-state index in [2.05, 4.69) is 4.90 Å². The number of rotatable bonds is 1. The number of nitrogens with zero attached hydrogens (tertiary/aromatic N) is 1. The molecular weight excluding hydrogens is 279 g/mol. The van der Waals surface area contributed by atoms with Crippen molar-refractivity contribution < 1.29 is 18.3 Å². The molecule has 2 atom stereocenters. The van der Waals surface area contributed by atoms with Crippen molar-refractivity contribution in [2.24, 2.45) is 5.92 Å². The summed E-state index contributed by atoms with van der Waals surface area (Å²) >= 11 is 0. The summed E-state index contributed by atoms with van der Waals surface area (Å²) in [6, 6.07) is 5.35. The van der Waals surface area contributed by atoms with E-state index in [-0.39, 0.29) is 5.92 Å². The molecule has 116 valence electrons. The zero-order valence-electron chi connectivity index (χ0n) is 11.9. The van der Waals surface area contributed by atoms with Crippen LogP contribution >= 0.6 is 0 Å². The Labute approximate surface area is 122 Å². The fourth-order valence-electron chi connectivity index (χ4n) is 3.67. The van der Waals surface area contributed by atoms with Crippen molar-refractivity contribution in [3.63, 3.8) is 0 Å². The monoisotopic (exact) mass is 299 g/mol. The topological polar surface area (TPSA) is 23.5 Å². The van der Waals surface area contributed by atoms with Gasteiger partial charge in [-0.25, -0.2) is 0 Å². The van der Waals surface area contributed by atoms with Crippen LogP contribution in [0.2, 0.25) is 0 Å². The van der Waals surface area contributed by atoms with Crippen molar-refractivity contribution >= 4 is 5.69 Å². The molecule has 3 rings (SSSR count). The summed E-state index contributed by atoms with van der Waals surface area (Å²) in [4.78, 5) is 2.10. The molecule has 1 aromatic carbocycles. The van der Waals surface area contributed by atoms with E-state index in [1.807, 2.05) is 0 Å². The van der Waals surface area contributed by atoms with Crippen molar-refractivity contribution in [1.82, 2.24) is 0 Å². The Bertz CT molecular complexity index is 499. The van der Waals surface area contributed by atoms with Crippen LogP contribution in [0.3, 0.4) is 0 Å². The number of halogens is 3. The average Bonchev–Trinajstić information content (AvgIpc) is 2.45. The second kappa shape index (κ2) is 5.20. The molecule has 1 heterocycles. The molecule has 1 aliphatic heterocycles. The summed E-state index contributed by atoms with van der Waals surface area (Å²) < 4.78 is 37.8. The highest BCUT2D eigenvalue weighted by Gasteiger charge is 2.42. The Morgan fingerprint density at radius 1 is 1.10 bits per heavy atom. The average molecular weight is 299 g/mol. The first-order valence-corrected chi connectivity index (χ1v) is 7.53. The van der Waals surface area contributed by atoms with Gasteiger partial charge in [0.1, 0.15) is 0 Å². The molecule has 1 saturated heterocycles. The van der Waals surface area contributed by atoms with Gasteiger partial charge in [-0.1, -0.05) is 12.8 Å². The lowest BCUT2D eigenvalue weighted by atomic mass is 9.71. The number of benzene rings is 1. The normalized spacial score (nSPS) is 30.1. The van der Waals surface area contributed by atoms with Gasteiger partial charge in [-0.05, 0) is 43.5 Å². The molecule has 1 saturated carbocycles. The predicted molar refractivity (Wildman–Crippen MR) is 75.2 cm³/mol. The zero-order valence-corrected chi connectivity index (χ0v) is 11.9. The predicted octanol–water partition coefficient (Wildman–Crippen LogP) is 3.84. The molecule has 0 spiro atoms. The molecule has 1 aliphatic carbocycles. The van der Waals surface area contributed by atoms with Crippen LogP contribution in [0.4, 0.5) is 18.9 Å². The highest BCUT2D eigenvalue weighted by molar-refractivity contribution is 5.48. The highest BCUT2D eigenvalue weighted by atomic mass is 19.4. The quantitative estimate of drug-likeness (QED) is 0.851. The van der Waals surface area contributed by atoms with E-state index in [1.165, 1.54) is 12.1 Å². The van der Waals surface area contributed by atoms with Crippen molar-refractivity contribution in [1.29, 1.82) is 0 Å². The van der Waals surface area contributed by atoms with Crippen molar-refractivity contribution in [3.05, 3.63) is 29.8 Å². The van der Waals surface area contributed by atoms with E-state index in [0.717, 1.165) is 50.0 Å². The number of aliphatic hydroxyl groups is 1. The maximum atomic E-state index is 12.6. The van der Waals surface area contributed by atoms with Crippen molar-refractivity contribution in [2.45, 2.75) is 43.9 Å². The van der Waals surface area contributed by atoms with E-state index in [1.54, 1.807) is 0 Å². The number of hydrogen-bond acceptors (Lipinski definition) is 2. The molecule has 1 aromatic rings. The smallest absolute Gasteiger partial charge is 0.389 e. The van der Waals surface area contributed by atoms with Gasteiger partial charge in [0, 0.05) is 24.7 Å². The Morgan fingerprint density at radius 3 is 2.48 bits per heavy atom. The van der Waals surface area contributed by atoms with E-state index in [9.17, 15) is 18.3 Å². The van der Waals surface area contributed by atoms with Gasteiger partial charge in [0.25, 0.3) is 0 Å². The van der Waals surface area contributed by atoms with Crippen LogP contribution in [0.15, 0.2) is 24.3 Å². The highest BCUT2D eigenvalue weighted by Crippen LogP contribution is 2.41. The third kappa shape index (κ3) is 2.89. The fraction of sp³-hybridized carbons (Fsp3) is 0.625. The van der Waals surface area contributed by atoms with Gasteiger partial charge in [0.15, 0.2) is 0 Å². The second-order valence-corrected chi connectivity index (χ2v) is 6.29. The molecule has 1 N–H and O–H groups in total. The summed E-state index contributed by atoms with van der Waals surface area (Å²) in [7, 11) is 0. The first-order chi connectivity index (χ1) is 9.88. The van der Waals surface area contributed by atoms with Crippen LogP contribution in [0, 0.1) is 5.92 Å². The molecule has 0 bridgehead atoms. The first kappa shape index (κ1) is 14.7. The first-order valence-electron chi connectivity index (χ1n) is 7.53. The SMILES string of the molecule is OC12CCCCC1CN(c1ccc(C(F)(F)F)cc1)CC2. The number of fused-ring (bicyclic) bond motifs is 1. The number of hydrogen-bond donors (Lipinski definition) is 1. The molecule has 2 fully saturated rings. The van der Waals surface area contributed by atoms with Gasteiger partial charge in [-0.2, -0.15) is 13.2 Å². The summed E-state index contributed by atoms with van der Waals surface area (Å²) in [5.41, 5.74) is -0.353. The minimum Gasteiger partial charge on any atom is -0.389 e. The maximum absolute atomic E-state index is 12.6. The van der Waals surface area contributed by atoms with Crippen LogP contribution in [0.5, 0.6) is 0 Å².